The van der Waals surface area contributed by atoms with E-state index in [1.165, 1.54) is 0 Å². The summed E-state index contributed by atoms with van der Waals surface area (Å²) in [7, 11) is 0. The number of nitrogens with zero attached hydrogens (tertiary/aromatic N) is 2. The van der Waals surface area contributed by atoms with Crippen LogP contribution in [0.15, 0.2) is 12.3 Å². The minimum atomic E-state index is -0.175. The molecule has 1 aliphatic heterocycles. The molecule has 0 spiro atoms. The number of pyridine rings is 1. The molecule has 5 heteroatoms. The first-order valence-electron chi connectivity index (χ1n) is 6.68. The molecule has 0 saturated carbocycles. The molecule has 2 rings (SSSR count). The van der Waals surface area contributed by atoms with Crippen LogP contribution in [-0.4, -0.2) is 35.1 Å². The van der Waals surface area contributed by atoms with E-state index in [1.54, 1.807) is 12.3 Å². The summed E-state index contributed by atoms with van der Waals surface area (Å²) in [4.78, 5) is 6.27. The molecule has 0 aliphatic carbocycles. The number of nitrogens with one attached hydrogen (secondary N) is 1. The van der Waals surface area contributed by atoms with Crippen molar-refractivity contribution in [2.24, 2.45) is 0 Å². The highest BCUT2D eigenvalue weighted by molar-refractivity contribution is 7.99. The van der Waals surface area contributed by atoms with Crippen LogP contribution in [0, 0.1) is 5.82 Å². The summed E-state index contributed by atoms with van der Waals surface area (Å²) in [6.07, 6.45) is 1.71. The molecule has 0 amide bonds. The van der Waals surface area contributed by atoms with Crippen LogP contribution < -0.4 is 10.2 Å². The van der Waals surface area contributed by atoms with Gasteiger partial charge in [0.05, 0.1) is 0 Å². The molecule has 1 saturated heterocycles. The van der Waals surface area contributed by atoms with Crippen LogP contribution in [0.1, 0.15) is 26.3 Å². The van der Waals surface area contributed by atoms with Crippen molar-refractivity contribution in [3.63, 3.8) is 0 Å². The zero-order valence-electron chi connectivity index (χ0n) is 11.9. The van der Waals surface area contributed by atoms with Crippen LogP contribution in [0.3, 0.4) is 0 Å². The van der Waals surface area contributed by atoms with Crippen LogP contribution in [0.4, 0.5) is 10.2 Å². The zero-order valence-corrected chi connectivity index (χ0v) is 12.7. The first-order chi connectivity index (χ1) is 8.97. The van der Waals surface area contributed by atoms with Gasteiger partial charge in [-0.05, 0) is 26.8 Å². The predicted molar refractivity (Wildman–Crippen MR) is 80.3 cm³/mol. The number of thioether (sulfide) groups is 1. The topological polar surface area (TPSA) is 28.2 Å². The zero-order chi connectivity index (χ0) is 13.9. The lowest BCUT2D eigenvalue weighted by molar-refractivity contribution is 0.418. The Balaban J connectivity index is 2.13. The van der Waals surface area contributed by atoms with Crippen molar-refractivity contribution in [2.75, 3.05) is 29.5 Å². The summed E-state index contributed by atoms with van der Waals surface area (Å²) in [5.74, 6) is 2.43. The molecular weight excluding hydrogens is 261 g/mol. The first kappa shape index (κ1) is 14.6. The summed E-state index contributed by atoms with van der Waals surface area (Å²) in [5, 5.41) is 3.32. The van der Waals surface area contributed by atoms with Gasteiger partial charge < -0.3 is 10.2 Å². The van der Waals surface area contributed by atoms with Gasteiger partial charge in [0, 0.05) is 48.4 Å². The lowest BCUT2D eigenvalue weighted by atomic mass is 10.1. The summed E-state index contributed by atoms with van der Waals surface area (Å²) in [6.45, 7) is 8.53. The minimum Gasteiger partial charge on any atom is -0.353 e. The SMILES string of the molecule is CC(C)(C)NCc1ccnc(N2CCSCC2)c1F. The van der Waals surface area contributed by atoms with Gasteiger partial charge in [0.2, 0.25) is 0 Å². The molecule has 0 bridgehead atoms. The van der Waals surface area contributed by atoms with Crippen LogP contribution >= 0.6 is 11.8 Å². The Labute approximate surface area is 119 Å². The maximum Gasteiger partial charge on any atom is 0.170 e. The van der Waals surface area contributed by atoms with E-state index in [0.29, 0.717) is 17.9 Å². The van der Waals surface area contributed by atoms with Gasteiger partial charge in [-0.3, -0.25) is 0 Å². The number of hydrogen-bond acceptors (Lipinski definition) is 4. The van der Waals surface area contributed by atoms with E-state index in [4.69, 9.17) is 0 Å². The van der Waals surface area contributed by atoms with Gasteiger partial charge in [-0.25, -0.2) is 9.37 Å². The third-order valence-electron chi connectivity index (χ3n) is 3.07. The van der Waals surface area contributed by atoms with Crippen molar-refractivity contribution in [1.82, 2.24) is 10.3 Å². The van der Waals surface area contributed by atoms with E-state index in [9.17, 15) is 4.39 Å². The van der Waals surface area contributed by atoms with Gasteiger partial charge in [0.25, 0.3) is 0 Å². The standard InChI is InChI=1S/C14H22FN3S/c1-14(2,3)17-10-11-4-5-16-13(12(11)15)18-6-8-19-9-7-18/h4-5,17H,6-10H2,1-3H3. The molecule has 0 atom stereocenters. The van der Waals surface area contributed by atoms with E-state index in [0.717, 1.165) is 24.6 Å². The fourth-order valence-electron chi connectivity index (χ4n) is 1.96. The second-order valence-electron chi connectivity index (χ2n) is 5.81. The van der Waals surface area contributed by atoms with E-state index in [1.807, 2.05) is 16.7 Å². The molecule has 1 aromatic rings. The monoisotopic (exact) mass is 283 g/mol. The molecule has 1 fully saturated rings. The third-order valence-corrected chi connectivity index (χ3v) is 4.01. The highest BCUT2D eigenvalue weighted by Crippen LogP contribution is 2.22. The lowest BCUT2D eigenvalue weighted by Crippen LogP contribution is -2.36. The van der Waals surface area contributed by atoms with E-state index in [-0.39, 0.29) is 11.4 Å². The van der Waals surface area contributed by atoms with E-state index >= 15 is 0 Å². The fraction of sp³-hybridized carbons (Fsp3) is 0.643. The molecule has 19 heavy (non-hydrogen) atoms. The Hall–Kier alpha value is -0.810. The quantitative estimate of drug-likeness (QED) is 0.923. The summed E-state index contributed by atoms with van der Waals surface area (Å²) < 4.78 is 14.5. The average Bonchev–Trinajstić information content (AvgIpc) is 2.37. The highest BCUT2D eigenvalue weighted by Gasteiger charge is 2.19. The molecule has 1 N–H and O–H groups in total. The molecule has 0 radical (unpaired) electrons. The Morgan fingerprint density at radius 1 is 1.37 bits per heavy atom. The molecule has 1 aromatic heterocycles. The maximum absolute atomic E-state index is 14.5. The number of hydrogen-bond donors (Lipinski definition) is 1. The second kappa shape index (κ2) is 6.09. The van der Waals surface area contributed by atoms with E-state index < -0.39 is 0 Å². The minimum absolute atomic E-state index is 0.0162. The van der Waals surface area contributed by atoms with Crippen molar-refractivity contribution >= 4 is 17.6 Å². The van der Waals surface area contributed by atoms with Gasteiger partial charge in [-0.15, -0.1) is 0 Å². The van der Waals surface area contributed by atoms with Crippen molar-refractivity contribution in [1.29, 1.82) is 0 Å². The Morgan fingerprint density at radius 3 is 2.68 bits per heavy atom. The van der Waals surface area contributed by atoms with Crippen LogP contribution in [0.2, 0.25) is 0 Å². The number of aromatic nitrogens is 1. The van der Waals surface area contributed by atoms with Crippen molar-refractivity contribution in [3.8, 4) is 0 Å². The molecule has 0 aromatic carbocycles. The van der Waals surface area contributed by atoms with E-state index in [2.05, 4.69) is 31.1 Å². The largest absolute Gasteiger partial charge is 0.353 e. The van der Waals surface area contributed by atoms with Crippen molar-refractivity contribution in [3.05, 3.63) is 23.6 Å². The highest BCUT2D eigenvalue weighted by atomic mass is 32.2. The van der Waals surface area contributed by atoms with Crippen molar-refractivity contribution in [2.45, 2.75) is 32.9 Å². The third kappa shape index (κ3) is 4.08. The predicted octanol–water partition coefficient (Wildman–Crippen LogP) is 2.66. The van der Waals surface area contributed by atoms with Crippen LogP contribution in [0.25, 0.3) is 0 Å². The number of rotatable bonds is 3. The van der Waals surface area contributed by atoms with Crippen molar-refractivity contribution < 1.29 is 4.39 Å². The molecule has 2 heterocycles. The maximum atomic E-state index is 14.5. The van der Waals surface area contributed by atoms with Gasteiger partial charge >= 0.3 is 0 Å². The average molecular weight is 283 g/mol. The van der Waals surface area contributed by atoms with Gasteiger partial charge in [-0.1, -0.05) is 0 Å². The summed E-state index contributed by atoms with van der Waals surface area (Å²) >= 11 is 1.91. The first-order valence-corrected chi connectivity index (χ1v) is 7.84. The van der Waals surface area contributed by atoms with Crippen LogP contribution in [0.5, 0.6) is 0 Å². The normalized spacial score (nSPS) is 16.7. The lowest BCUT2D eigenvalue weighted by Gasteiger charge is -2.28. The summed E-state index contributed by atoms with van der Waals surface area (Å²) in [5.41, 5.74) is 0.677. The Bertz CT molecular complexity index is 425. The molecule has 1 aliphatic rings. The Morgan fingerprint density at radius 2 is 2.05 bits per heavy atom. The number of halogens is 1. The fourth-order valence-corrected chi connectivity index (χ4v) is 2.87. The smallest absolute Gasteiger partial charge is 0.170 e. The molecular formula is C14H22FN3S. The number of anilines is 1. The molecule has 106 valence electrons. The van der Waals surface area contributed by atoms with Gasteiger partial charge in [0.1, 0.15) is 0 Å². The van der Waals surface area contributed by atoms with Crippen LogP contribution in [-0.2, 0) is 6.54 Å². The van der Waals surface area contributed by atoms with Gasteiger partial charge in [-0.2, -0.15) is 11.8 Å². The Kier molecular flexibility index (Phi) is 4.68. The van der Waals surface area contributed by atoms with Gasteiger partial charge in [0.15, 0.2) is 11.6 Å². The molecule has 3 nitrogen and oxygen atoms in total. The second-order valence-corrected chi connectivity index (χ2v) is 7.04. The summed E-state index contributed by atoms with van der Waals surface area (Å²) in [6, 6.07) is 1.76. The molecule has 0 unspecified atom stereocenters.